The van der Waals surface area contributed by atoms with Gasteiger partial charge in [0, 0.05) is 7.11 Å². The second-order valence-corrected chi connectivity index (χ2v) is 7.07. The highest BCUT2D eigenvalue weighted by molar-refractivity contribution is 8.20. The van der Waals surface area contributed by atoms with Crippen molar-refractivity contribution in [3.8, 4) is 0 Å². The van der Waals surface area contributed by atoms with Crippen LogP contribution < -0.4 is 0 Å². The predicted molar refractivity (Wildman–Crippen MR) is 39.0 cm³/mol. The number of methoxy groups -OCH3 is 1. The summed E-state index contributed by atoms with van der Waals surface area (Å²) in [5, 5.41) is 0. The van der Waals surface area contributed by atoms with Gasteiger partial charge in [-0.25, -0.2) is 0 Å². The molecule has 0 aliphatic heterocycles. The Balaban J connectivity index is 2.83. The average Bonchev–Trinajstić information content (AvgIpc) is 1.68. The Kier molecular flexibility index (Phi) is 5.55. The van der Waals surface area contributed by atoms with Crippen LogP contribution in [0.5, 0.6) is 0 Å². The molecule has 7 heavy (non-hydrogen) atoms. The number of hydrogen-bond acceptors (Lipinski definition) is 1. The van der Waals surface area contributed by atoms with Gasteiger partial charge in [-0.1, -0.05) is 15.9 Å². The van der Waals surface area contributed by atoms with Crippen LogP contribution in [0.2, 0.25) is 0 Å². The Morgan fingerprint density at radius 2 is 2.29 bits per heavy atom. The third-order valence-electron chi connectivity index (χ3n) is 0.704. The highest BCUT2D eigenvalue weighted by Gasteiger charge is 1.91. The lowest BCUT2D eigenvalue weighted by molar-refractivity contribution is 0.256. The minimum Gasteiger partial charge on any atom is -0.380 e. The fourth-order valence-corrected chi connectivity index (χ4v) is 1.55. The van der Waals surface area contributed by atoms with Gasteiger partial charge in [0.15, 0.2) is 0 Å². The quantitative estimate of drug-likeness (QED) is 0.541. The molecule has 0 aliphatic rings. The lowest BCUT2D eigenvalue weighted by Gasteiger charge is -2.04. The second-order valence-electron chi connectivity index (χ2n) is 1.34. The van der Waals surface area contributed by atoms with Crippen molar-refractivity contribution in [3.05, 3.63) is 0 Å². The van der Waals surface area contributed by atoms with E-state index in [1.54, 1.807) is 7.11 Å². The van der Waals surface area contributed by atoms with Gasteiger partial charge in [-0.05, 0) is 13.3 Å². The maximum absolute atomic E-state index is 4.93. The van der Waals surface area contributed by atoms with E-state index in [1.165, 1.54) is 0 Å². The molecule has 0 rings (SSSR count). The molecule has 0 aliphatic carbocycles. The third kappa shape index (κ3) is 4.68. The Morgan fingerprint density at radius 3 is 2.43 bits per heavy atom. The van der Waals surface area contributed by atoms with Crippen LogP contribution in [0.1, 0.15) is 0 Å². The molecule has 0 heterocycles. The van der Waals surface area contributed by atoms with Crippen molar-refractivity contribution < 1.29 is 4.74 Å². The minimum absolute atomic E-state index is 0.227. The largest absolute Gasteiger partial charge is 0.380 e. The van der Waals surface area contributed by atoms with Crippen LogP contribution in [0, 0.1) is 0 Å². The summed E-state index contributed by atoms with van der Waals surface area (Å²) in [4.78, 5) is 0. The standard InChI is InChI=1S/C4H12OP2/c1-5-4-7(3)6-2/h6H,4H2,1-3H3. The van der Waals surface area contributed by atoms with Crippen molar-refractivity contribution in [1.82, 2.24) is 0 Å². The van der Waals surface area contributed by atoms with Crippen LogP contribution in [0.4, 0.5) is 0 Å². The molecule has 0 saturated carbocycles. The molecule has 2 unspecified atom stereocenters. The van der Waals surface area contributed by atoms with Gasteiger partial charge in [-0.3, -0.25) is 0 Å². The van der Waals surface area contributed by atoms with Crippen molar-refractivity contribution >= 4 is 15.9 Å². The first-order valence-electron chi connectivity index (χ1n) is 2.18. The van der Waals surface area contributed by atoms with E-state index in [1.807, 2.05) is 0 Å². The van der Waals surface area contributed by atoms with Crippen LogP contribution >= 0.6 is 15.9 Å². The van der Waals surface area contributed by atoms with Crippen LogP contribution in [0.25, 0.3) is 0 Å². The van der Waals surface area contributed by atoms with Crippen molar-refractivity contribution in [2.75, 3.05) is 26.8 Å². The first-order chi connectivity index (χ1) is 3.31. The Hall–Kier alpha value is 0.820. The molecule has 3 heteroatoms. The summed E-state index contributed by atoms with van der Waals surface area (Å²) in [6.07, 6.45) is 0.976. The van der Waals surface area contributed by atoms with Gasteiger partial charge < -0.3 is 4.74 Å². The molecule has 0 spiro atoms. The van der Waals surface area contributed by atoms with Gasteiger partial charge in [0.2, 0.25) is 0 Å². The lowest BCUT2D eigenvalue weighted by atomic mass is 11.5. The molecule has 0 bridgehead atoms. The molecule has 0 N–H and O–H groups in total. The highest BCUT2D eigenvalue weighted by Crippen LogP contribution is 2.48. The lowest BCUT2D eigenvalue weighted by Crippen LogP contribution is -1.78. The van der Waals surface area contributed by atoms with Crippen molar-refractivity contribution in [2.45, 2.75) is 0 Å². The predicted octanol–water partition coefficient (Wildman–Crippen LogP) is 1.93. The van der Waals surface area contributed by atoms with E-state index in [2.05, 4.69) is 13.3 Å². The molecular formula is C4H12OP2. The summed E-state index contributed by atoms with van der Waals surface area (Å²) in [7, 11) is 3.07. The average molecular weight is 138 g/mol. The number of hydrogen-bond donors (Lipinski definition) is 0. The smallest absolute Gasteiger partial charge is 0.0690 e. The SMILES string of the molecule is COCP(C)PC. The Bertz CT molecular complexity index is 40.7. The summed E-state index contributed by atoms with van der Waals surface area (Å²) >= 11 is 0. The number of rotatable bonds is 3. The molecule has 44 valence electrons. The Morgan fingerprint density at radius 1 is 1.71 bits per heavy atom. The topological polar surface area (TPSA) is 9.23 Å². The van der Waals surface area contributed by atoms with Gasteiger partial charge in [0.25, 0.3) is 0 Å². The van der Waals surface area contributed by atoms with Gasteiger partial charge >= 0.3 is 0 Å². The zero-order valence-corrected chi connectivity index (χ0v) is 6.96. The molecule has 1 nitrogen and oxygen atoms in total. The normalized spacial score (nSPS) is 15.9. The molecule has 0 saturated heterocycles. The molecule has 0 radical (unpaired) electrons. The summed E-state index contributed by atoms with van der Waals surface area (Å²) in [5.41, 5.74) is 0. The van der Waals surface area contributed by atoms with Gasteiger partial charge in [0.05, 0.1) is 6.35 Å². The van der Waals surface area contributed by atoms with E-state index in [9.17, 15) is 0 Å². The fraction of sp³-hybridized carbons (Fsp3) is 1.00. The molecule has 0 aromatic carbocycles. The maximum atomic E-state index is 4.93. The van der Waals surface area contributed by atoms with Crippen LogP contribution in [0.15, 0.2) is 0 Å². The van der Waals surface area contributed by atoms with Crippen LogP contribution in [0.3, 0.4) is 0 Å². The highest BCUT2D eigenvalue weighted by atomic mass is 32.0. The van der Waals surface area contributed by atoms with E-state index in [0.29, 0.717) is 0 Å². The molecule has 0 aromatic heterocycles. The summed E-state index contributed by atoms with van der Waals surface area (Å²) in [6, 6.07) is 0. The van der Waals surface area contributed by atoms with E-state index in [0.717, 1.165) is 14.6 Å². The molecule has 0 amide bonds. The van der Waals surface area contributed by atoms with E-state index in [-0.39, 0.29) is 7.61 Å². The van der Waals surface area contributed by atoms with E-state index in [4.69, 9.17) is 4.74 Å². The van der Waals surface area contributed by atoms with Crippen molar-refractivity contribution in [1.29, 1.82) is 0 Å². The summed E-state index contributed by atoms with van der Waals surface area (Å²) in [5.74, 6) is 0. The van der Waals surface area contributed by atoms with Crippen molar-refractivity contribution in [3.63, 3.8) is 0 Å². The third-order valence-corrected chi connectivity index (χ3v) is 4.79. The zero-order valence-electron chi connectivity index (χ0n) is 5.06. The molecule has 0 aromatic rings. The molecular weight excluding hydrogens is 126 g/mol. The molecule has 0 fully saturated rings. The molecule has 2 atom stereocenters. The summed E-state index contributed by atoms with van der Waals surface area (Å²) in [6.45, 7) is 4.49. The fourth-order valence-electron chi connectivity index (χ4n) is 0.258. The zero-order chi connectivity index (χ0) is 5.70. The first-order valence-corrected chi connectivity index (χ1v) is 6.50. The Labute approximate surface area is 48.3 Å². The monoisotopic (exact) mass is 138 g/mol. The van der Waals surface area contributed by atoms with Crippen molar-refractivity contribution in [2.24, 2.45) is 0 Å². The van der Waals surface area contributed by atoms with Gasteiger partial charge in [-0.2, -0.15) is 0 Å². The summed E-state index contributed by atoms with van der Waals surface area (Å²) < 4.78 is 4.93. The second kappa shape index (κ2) is 4.97. The number of ether oxygens (including phenoxy) is 1. The van der Waals surface area contributed by atoms with Crippen LogP contribution in [-0.4, -0.2) is 26.8 Å². The van der Waals surface area contributed by atoms with Gasteiger partial charge in [0.1, 0.15) is 0 Å². The van der Waals surface area contributed by atoms with Crippen LogP contribution in [-0.2, 0) is 4.74 Å². The minimum atomic E-state index is 0.227. The maximum Gasteiger partial charge on any atom is 0.0690 e. The van der Waals surface area contributed by atoms with Gasteiger partial charge in [-0.15, -0.1) is 0 Å². The first kappa shape index (κ1) is 7.82. The van der Waals surface area contributed by atoms with E-state index < -0.39 is 0 Å². The van der Waals surface area contributed by atoms with E-state index >= 15 is 0 Å².